The number of pyridine rings is 1. The summed E-state index contributed by atoms with van der Waals surface area (Å²) in [6.45, 7) is 5.95. The topological polar surface area (TPSA) is 68.5 Å². The number of nitrogens with two attached hydrogens (primary N) is 1. The maximum absolute atomic E-state index is 11.5. The third-order valence-corrected chi connectivity index (χ3v) is 3.41. The van der Waals surface area contributed by atoms with Crippen molar-refractivity contribution in [1.29, 1.82) is 0 Å². The summed E-state index contributed by atoms with van der Waals surface area (Å²) in [4.78, 5) is 17.7. The molecule has 2 N–H and O–H groups in total. The maximum atomic E-state index is 11.5. The van der Waals surface area contributed by atoms with Crippen molar-refractivity contribution >= 4 is 5.91 Å². The standard InChI is InChI=1S/C13H19N3O2/c1-9-3-4-15-7-11(9)8-16-5-6-18-10(2)12(16)13(14)17/h3-4,7,10,12H,5-6,8H2,1-2H3,(H2,14,17)/t10-,12+/m1/s1. The molecule has 1 aliphatic rings. The van der Waals surface area contributed by atoms with E-state index in [1.807, 2.05) is 26.1 Å². The smallest absolute Gasteiger partial charge is 0.237 e. The van der Waals surface area contributed by atoms with Crippen LogP contribution in [0.4, 0.5) is 0 Å². The molecule has 0 aliphatic carbocycles. The van der Waals surface area contributed by atoms with Crippen molar-refractivity contribution in [1.82, 2.24) is 9.88 Å². The van der Waals surface area contributed by atoms with Crippen LogP contribution in [0.5, 0.6) is 0 Å². The zero-order valence-electron chi connectivity index (χ0n) is 10.8. The van der Waals surface area contributed by atoms with E-state index in [1.54, 1.807) is 6.20 Å². The fourth-order valence-electron chi connectivity index (χ4n) is 2.35. The first-order valence-corrected chi connectivity index (χ1v) is 6.14. The van der Waals surface area contributed by atoms with E-state index in [0.29, 0.717) is 19.7 Å². The molecule has 5 nitrogen and oxygen atoms in total. The molecule has 2 heterocycles. The molecule has 0 aromatic carbocycles. The molecule has 1 aromatic rings. The van der Waals surface area contributed by atoms with Gasteiger partial charge in [-0.25, -0.2) is 0 Å². The number of morpholine rings is 1. The summed E-state index contributed by atoms with van der Waals surface area (Å²) >= 11 is 0. The molecule has 1 aromatic heterocycles. The van der Waals surface area contributed by atoms with Gasteiger partial charge in [0.25, 0.3) is 0 Å². The fourth-order valence-corrected chi connectivity index (χ4v) is 2.35. The zero-order valence-corrected chi connectivity index (χ0v) is 10.8. The van der Waals surface area contributed by atoms with Crippen LogP contribution in [0.15, 0.2) is 18.5 Å². The number of hydrogen-bond acceptors (Lipinski definition) is 4. The summed E-state index contributed by atoms with van der Waals surface area (Å²) in [7, 11) is 0. The molecule has 18 heavy (non-hydrogen) atoms. The number of rotatable bonds is 3. The summed E-state index contributed by atoms with van der Waals surface area (Å²) < 4.78 is 5.49. The summed E-state index contributed by atoms with van der Waals surface area (Å²) in [6.07, 6.45) is 3.45. The molecule has 2 rings (SSSR count). The number of aryl methyl sites for hydroxylation is 1. The molecule has 0 radical (unpaired) electrons. The van der Waals surface area contributed by atoms with Crippen molar-refractivity contribution < 1.29 is 9.53 Å². The van der Waals surface area contributed by atoms with Gasteiger partial charge in [0.1, 0.15) is 6.04 Å². The summed E-state index contributed by atoms with van der Waals surface area (Å²) in [6, 6.07) is 1.61. The van der Waals surface area contributed by atoms with Crippen LogP contribution in [0.25, 0.3) is 0 Å². The molecule has 1 amide bonds. The van der Waals surface area contributed by atoms with Gasteiger partial charge in [0.2, 0.25) is 5.91 Å². The van der Waals surface area contributed by atoms with Crippen LogP contribution in [0.2, 0.25) is 0 Å². The Labute approximate surface area is 107 Å². The van der Waals surface area contributed by atoms with Crippen molar-refractivity contribution in [3.8, 4) is 0 Å². The molecule has 0 saturated carbocycles. The third kappa shape index (κ3) is 2.68. The van der Waals surface area contributed by atoms with E-state index in [2.05, 4.69) is 9.88 Å². The third-order valence-electron chi connectivity index (χ3n) is 3.41. The Morgan fingerprint density at radius 2 is 2.44 bits per heavy atom. The SMILES string of the molecule is Cc1ccncc1CN1CCO[C@H](C)[C@H]1C(N)=O. The lowest BCUT2D eigenvalue weighted by Gasteiger charge is -2.38. The van der Waals surface area contributed by atoms with Crippen molar-refractivity contribution in [3.05, 3.63) is 29.6 Å². The number of carbonyl (C=O) groups is 1. The lowest BCUT2D eigenvalue weighted by Crippen LogP contribution is -2.56. The Hall–Kier alpha value is -1.46. The van der Waals surface area contributed by atoms with Crippen LogP contribution in [-0.4, -0.2) is 41.1 Å². The average molecular weight is 249 g/mol. The van der Waals surface area contributed by atoms with Crippen LogP contribution in [0, 0.1) is 6.92 Å². The van der Waals surface area contributed by atoms with Gasteiger partial charge in [-0.1, -0.05) is 0 Å². The molecular weight excluding hydrogens is 230 g/mol. The quantitative estimate of drug-likeness (QED) is 0.845. The average Bonchev–Trinajstić information content (AvgIpc) is 2.31. The van der Waals surface area contributed by atoms with E-state index in [0.717, 1.165) is 5.56 Å². The molecule has 1 fully saturated rings. The minimum Gasteiger partial charge on any atom is -0.375 e. The molecule has 98 valence electrons. The van der Waals surface area contributed by atoms with Gasteiger partial charge >= 0.3 is 0 Å². The van der Waals surface area contributed by atoms with Crippen LogP contribution >= 0.6 is 0 Å². The molecular formula is C13H19N3O2. The first-order valence-electron chi connectivity index (χ1n) is 6.14. The Balaban J connectivity index is 2.16. The summed E-state index contributed by atoms with van der Waals surface area (Å²) in [5, 5.41) is 0. The largest absolute Gasteiger partial charge is 0.375 e. The van der Waals surface area contributed by atoms with Crippen LogP contribution < -0.4 is 5.73 Å². The van der Waals surface area contributed by atoms with Crippen LogP contribution in [-0.2, 0) is 16.1 Å². The summed E-state index contributed by atoms with van der Waals surface area (Å²) in [5.41, 5.74) is 7.76. The highest BCUT2D eigenvalue weighted by molar-refractivity contribution is 5.80. The molecule has 0 spiro atoms. The molecule has 2 atom stereocenters. The number of amides is 1. The van der Waals surface area contributed by atoms with E-state index < -0.39 is 0 Å². The number of aromatic nitrogens is 1. The minimum absolute atomic E-state index is 0.159. The lowest BCUT2D eigenvalue weighted by atomic mass is 10.1. The van der Waals surface area contributed by atoms with E-state index in [9.17, 15) is 4.79 Å². The predicted octanol–water partition coefficient (Wildman–Crippen LogP) is 0.465. The highest BCUT2D eigenvalue weighted by atomic mass is 16.5. The van der Waals surface area contributed by atoms with Crippen LogP contribution in [0.1, 0.15) is 18.1 Å². The molecule has 0 bridgehead atoms. The lowest BCUT2D eigenvalue weighted by molar-refractivity contribution is -0.136. The van der Waals surface area contributed by atoms with Gasteiger partial charge in [-0.2, -0.15) is 0 Å². The number of primary amides is 1. The Morgan fingerprint density at radius 1 is 1.67 bits per heavy atom. The fraction of sp³-hybridized carbons (Fsp3) is 0.538. The summed E-state index contributed by atoms with van der Waals surface area (Å²) in [5.74, 6) is -0.330. The van der Waals surface area contributed by atoms with E-state index >= 15 is 0 Å². The van der Waals surface area contributed by atoms with Crippen molar-refractivity contribution in [3.63, 3.8) is 0 Å². The van der Waals surface area contributed by atoms with Gasteiger partial charge in [0, 0.05) is 25.5 Å². The Bertz CT molecular complexity index is 436. The number of nitrogens with zero attached hydrogens (tertiary/aromatic N) is 2. The monoisotopic (exact) mass is 249 g/mol. The minimum atomic E-state index is -0.363. The normalized spacial score (nSPS) is 25.0. The molecule has 1 saturated heterocycles. The van der Waals surface area contributed by atoms with Gasteiger partial charge in [-0.3, -0.25) is 14.7 Å². The highest BCUT2D eigenvalue weighted by Crippen LogP contribution is 2.18. The predicted molar refractivity (Wildman–Crippen MR) is 67.8 cm³/mol. The van der Waals surface area contributed by atoms with Crippen molar-refractivity contribution in [2.45, 2.75) is 32.5 Å². The van der Waals surface area contributed by atoms with Gasteiger partial charge in [-0.05, 0) is 31.0 Å². The number of hydrogen-bond donors (Lipinski definition) is 1. The first-order chi connectivity index (χ1) is 8.59. The molecule has 5 heteroatoms. The number of ether oxygens (including phenoxy) is 1. The Morgan fingerprint density at radius 3 is 3.11 bits per heavy atom. The van der Waals surface area contributed by atoms with Gasteiger partial charge in [0.15, 0.2) is 0 Å². The van der Waals surface area contributed by atoms with E-state index in [4.69, 9.17) is 10.5 Å². The Kier molecular flexibility index (Phi) is 3.93. The maximum Gasteiger partial charge on any atom is 0.237 e. The first kappa shape index (κ1) is 13.0. The second-order valence-corrected chi connectivity index (χ2v) is 4.70. The molecule has 1 aliphatic heterocycles. The van der Waals surface area contributed by atoms with E-state index in [-0.39, 0.29) is 18.1 Å². The van der Waals surface area contributed by atoms with Crippen molar-refractivity contribution in [2.24, 2.45) is 5.73 Å². The van der Waals surface area contributed by atoms with Crippen molar-refractivity contribution in [2.75, 3.05) is 13.2 Å². The van der Waals surface area contributed by atoms with Gasteiger partial charge < -0.3 is 10.5 Å². The second-order valence-electron chi connectivity index (χ2n) is 4.70. The van der Waals surface area contributed by atoms with Gasteiger partial charge in [-0.15, -0.1) is 0 Å². The molecule has 0 unspecified atom stereocenters. The van der Waals surface area contributed by atoms with Crippen LogP contribution in [0.3, 0.4) is 0 Å². The zero-order chi connectivity index (χ0) is 13.1. The second kappa shape index (κ2) is 5.46. The van der Waals surface area contributed by atoms with E-state index in [1.165, 1.54) is 5.56 Å². The van der Waals surface area contributed by atoms with Gasteiger partial charge in [0.05, 0.1) is 12.7 Å². The highest BCUT2D eigenvalue weighted by Gasteiger charge is 2.33. The number of carbonyl (C=O) groups excluding carboxylic acids is 1.